The van der Waals surface area contributed by atoms with Crippen molar-refractivity contribution in [1.29, 1.82) is 0 Å². The van der Waals surface area contributed by atoms with Gasteiger partial charge < -0.3 is 9.47 Å². The highest BCUT2D eigenvalue weighted by Crippen LogP contribution is 2.33. The molecule has 0 aromatic heterocycles. The maximum atomic E-state index is 5.85. The van der Waals surface area contributed by atoms with Crippen molar-refractivity contribution in [3.05, 3.63) is 12.2 Å². The first-order valence-electron chi connectivity index (χ1n) is 5.09. The van der Waals surface area contributed by atoms with Gasteiger partial charge in [-0.05, 0) is 12.8 Å². The number of rotatable bonds is 3. The molecular weight excluding hydrogens is 164 g/mol. The zero-order valence-corrected chi connectivity index (χ0v) is 8.45. The summed E-state index contributed by atoms with van der Waals surface area (Å²) in [6, 6.07) is 0. The maximum Gasteiger partial charge on any atom is 0.104 e. The third-order valence-corrected chi connectivity index (χ3v) is 2.86. The van der Waals surface area contributed by atoms with E-state index in [2.05, 4.69) is 26.0 Å². The molecule has 0 bridgehead atoms. The number of hydrogen-bond acceptors (Lipinski definition) is 2. The molecule has 1 heterocycles. The van der Waals surface area contributed by atoms with Gasteiger partial charge in [0.05, 0.1) is 19.3 Å². The van der Waals surface area contributed by atoms with E-state index in [4.69, 9.17) is 9.47 Å². The Balaban J connectivity index is 1.85. The summed E-state index contributed by atoms with van der Waals surface area (Å²) in [5.41, 5.74) is 0.202. The van der Waals surface area contributed by atoms with Gasteiger partial charge in [-0.2, -0.15) is 0 Å². The molecule has 0 aromatic rings. The first-order valence-corrected chi connectivity index (χ1v) is 5.09. The van der Waals surface area contributed by atoms with Crippen LogP contribution in [0.4, 0.5) is 0 Å². The van der Waals surface area contributed by atoms with Crippen molar-refractivity contribution in [2.24, 2.45) is 5.41 Å². The van der Waals surface area contributed by atoms with Crippen molar-refractivity contribution in [3.63, 3.8) is 0 Å². The van der Waals surface area contributed by atoms with Gasteiger partial charge in [0, 0.05) is 5.41 Å². The van der Waals surface area contributed by atoms with Crippen LogP contribution in [-0.4, -0.2) is 25.4 Å². The normalized spacial score (nSPS) is 36.2. The van der Waals surface area contributed by atoms with Crippen LogP contribution in [0.5, 0.6) is 0 Å². The van der Waals surface area contributed by atoms with Crippen molar-refractivity contribution in [2.45, 2.75) is 38.9 Å². The van der Waals surface area contributed by atoms with Crippen molar-refractivity contribution >= 4 is 0 Å². The van der Waals surface area contributed by atoms with E-state index in [-0.39, 0.29) is 5.41 Å². The lowest BCUT2D eigenvalue weighted by Crippen LogP contribution is -2.33. The summed E-state index contributed by atoms with van der Waals surface area (Å²) in [5.74, 6) is 0. The maximum absolute atomic E-state index is 5.85. The van der Waals surface area contributed by atoms with Gasteiger partial charge in [-0.1, -0.05) is 26.0 Å². The minimum Gasteiger partial charge on any atom is -0.375 e. The molecule has 1 aliphatic carbocycles. The summed E-state index contributed by atoms with van der Waals surface area (Å²) < 4.78 is 11.0. The van der Waals surface area contributed by atoms with E-state index in [0.717, 1.165) is 26.1 Å². The zero-order valence-electron chi connectivity index (χ0n) is 8.45. The Morgan fingerprint density at radius 1 is 1.54 bits per heavy atom. The quantitative estimate of drug-likeness (QED) is 0.492. The third-order valence-electron chi connectivity index (χ3n) is 2.86. The highest BCUT2D eigenvalue weighted by molar-refractivity contribution is 5.04. The number of epoxide rings is 1. The molecule has 0 amide bonds. The van der Waals surface area contributed by atoms with E-state index >= 15 is 0 Å². The Labute approximate surface area is 79.9 Å². The Kier molecular flexibility index (Phi) is 2.43. The van der Waals surface area contributed by atoms with Crippen LogP contribution in [0.3, 0.4) is 0 Å². The molecular formula is C11H18O2. The van der Waals surface area contributed by atoms with E-state index in [9.17, 15) is 0 Å². The fourth-order valence-electron chi connectivity index (χ4n) is 1.80. The topological polar surface area (TPSA) is 21.8 Å². The average molecular weight is 182 g/mol. The van der Waals surface area contributed by atoms with Gasteiger partial charge in [-0.15, -0.1) is 0 Å². The molecule has 2 nitrogen and oxygen atoms in total. The fourth-order valence-corrected chi connectivity index (χ4v) is 1.80. The predicted octanol–water partition coefficient (Wildman–Crippen LogP) is 2.15. The molecule has 0 N–H and O–H groups in total. The Morgan fingerprint density at radius 3 is 2.92 bits per heavy atom. The average Bonchev–Trinajstić information content (AvgIpc) is 2.85. The molecule has 2 rings (SSSR count). The smallest absolute Gasteiger partial charge is 0.104 e. The summed E-state index contributed by atoms with van der Waals surface area (Å²) in [6.45, 7) is 6.15. The SMILES string of the molecule is CC1(C)C=CCCC1OCC1CO1. The van der Waals surface area contributed by atoms with Crippen molar-refractivity contribution in [3.8, 4) is 0 Å². The van der Waals surface area contributed by atoms with Gasteiger partial charge in [0.1, 0.15) is 6.10 Å². The van der Waals surface area contributed by atoms with E-state index < -0.39 is 0 Å². The lowest BCUT2D eigenvalue weighted by Gasteiger charge is -2.34. The lowest BCUT2D eigenvalue weighted by molar-refractivity contribution is -0.0203. The Hall–Kier alpha value is -0.340. The molecule has 0 radical (unpaired) electrons. The zero-order chi connectivity index (χ0) is 9.31. The largest absolute Gasteiger partial charge is 0.375 e. The van der Waals surface area contributed by atoms with E-state index in [0.29, 0.717) is 12.2 Å². The molecule has 2 heteroatoms. The highest BCUT2D eigenvalue weighted by Gasteiger charge is 2.32. The van der Waals surface area contributed by atoms with Crippen molar-refractivity contribution in [2.75, 3.05) is 13.2 Å². The summed E-state index contributed by atoms with van der Waals surface area (Å²) in [4.78, 5) is 0. The van der Waals surface area contributed by atoms with E-state index in [1.807, 2.05) is 0 Å². The van der Waals surface area contributed by atoms with Gasteiger partial charge >= 0.3 is 0 Å². The molecule has 2 atom stereocenters. The Morgan fingerprint density at radius 2 is 2.31 bits per heavy atom. The molecule has 1 saturated heterocycles. The highest BCUT2D eigenvalue weighted by atomic mass is 16.6. The lowest BCUT2D eigenvalue weighted by atomic mass is 9.80. The summed E-state index contributed by atoms with van der Waals surface area (Å²) in [7, 11) is 0. The van der Waals surface area contributed by atoms with Crippen molar-refractivity contribution < 1.29 is 9.47 Å². The van der Waals surface area contributed by atoms with E-state index in [1.165, 1.54) is 0 Å². The van der Waals surface area contributed by atoms with Gasteiger partial charge in [0.15, 0.2) is 0 Å². The third kappa shape index (κ3) is 2.32. The second kappa shape index (κ2) is 3.43. The first kappa shape index (κ1) is 9.22. The number of hydrogen-bond donors (Lipinski definition) is 0. The van der Waals surface area contributed by atoms with E-state index in [1.54, 1.807) is 0 Å². The van der Waals surface area contributed by atoms with Gasteiger partial charge in [0.25, 0.3) is 0 Å². The second-order valence-corrected chi connectivity index (χ2v) is 4.58. The monoisotopic (exact) mass is 182 g/mol. The molecule has 13 heavy (non-hydrogen) atoms. The number of ether oxygens (including phenoxy) is 2. The Bertz CT molecular complexity index is 204. The van der Waals surface area contributed by atoms with Crippen LogP contribution < -0.4 is 0 Å². The molecule has 2 aliphatic rings. The van der Waals surface area contributed by atoms with Crippen LogP contribution in [0.1, 0.15) is 26.7 Å². The van der Waals surface area contributed by atoms with Crippen LogP contribution in [0.25, 0.3) is 0 Å². The van der Waals surface area contributed by atoms with Crippen LogP contribution in [-0.2, 0) is 9.47 Å². The molecule has 1 fully saturated rings. The molecule has 74 valence electrons. The van der Waals surface area contributed by atoms with Crippen LogP contribution in [0.15, 0.2) is 12.2 Å². The molecule has 0 aromatic carbocycles. The summed E-state index contributed by atoms with van der Waals surface area (Å²) in [6.07, 6.45) is 7.60. The summed E-state index contributed by atoms with van der Waals surface area (Å²) in [5, 5.41) is 0. The standard InChI is InChI=1S/C11H18O2/c1-11(2)6-4-3-5-10(11)13-8-9-7-12-9/h4,6,9-10H,3,5,7-8H2,1-2H3. The molecule has 0 spiro atoms. The van der Waals surface area contributed by atoms with Crippen LogP contribution >= 0.6 is 0 Å². The number of allylic oxidation sites excluding steroid dienone is 1. The van der Waals surface area contributed by atoms with Gasteiger partial charge in [-0.25, -0.2) is 0 Å². The molecule has 1 aliphatic heterocycles. The van der Waals surface area contributed by atoms with Gasteiger partial charge in [-0.3, -0.25) is 0 Å². The minimum atomic E-state index is 0.202. The summed E-state index contributed by atoms with van der Waals surface area (Å²) >= 11 is 0. The fraction of sp³-hybridized carbons (Fsp3) is 0.818. The van der Waals surface area contributed by atoms with Crippen molar-refractivity contribution in [1.82, 2.24) is 0 Å². The van der Waals surface area contributed by atoms with Crippen LogP contribution in [0, 0.1) is 5.41 Å². The van der Waals surface area contributed by atoms with Gasteiger partial charge in [0.2, 0.25) is 0 Å². The first-order chi connectivity index (χ1) is 6.18. The predicted molar refractivity (Wildman–Crippen MR) is 51.6 cm³/mol. The molecule has 2 unspecified atom stereocenters. The second-order valence-electron chi connectivity index (χ2n) is 4.58. The minimum absolute atomic E-state index is 0.202. The molecule has 0 saturated carbocycles. The van der Waals surface area contributed by atoms with Crippen LogP contribution in [0.2, 0.25) is 0 Å².